The zero-order chi connectivity index (χ0) is 33.5. The number of ether oxygens (including phenoxy) is 1. The molecule has 234 valence electrons. The van der Waals surface area contributed by atoms with Crippen molar-refractivity contribution in [2.75, 3.05) is 18.4 Å². The van der Waals surface area contributed by atoms with E-state index >= 15 is 0 Å². The molecule has 3 N–H and O–H groups in total. The van der Waals surface area contributed by atoms with Crippen LogP contribution in [-0.2, 0) is 14.9 Å². The number of hydrogen-bond acceptors (Lipinski definition) is 8. The monoisotopic (exact) mass is 634 g/mol. The molecule has 1 heterocycles. The molecule has 0 atom stereocenters. The number of nitrogens with zero attached hydrogens (tertiary/aromatic N) is 3. The second-order valence-corrected chi connectivity index (χ2v) is 13.1. The smallest absolute Gasteiger partial charge is 0.407 e. The third-order valence-corrected chi connectivity index (χ3v) is 7.58. The fourth-order valence-electron chi connectivity index (χ4n) is 4.46. The van der Waals surface area contributed by atoms with E-state index in [4.69, 9.17) is 4.74 Å². The number of carbonyl (C=O) groups is 3. The number of aromatic nitrogens is 1. The maximum Gasteiger partial charge on any atom is 0.407 e. The summed E-state index contributed by atoms with van der Waals surface area (Å²) in [5.41, 5.74) is 3.91. The summed E-state index contributed by atoms with van der Waals surface area (Å²) >= 11 is 1.25. The van der Waals surface area contributed by atoms with Crippen LogP contribution in [-0.4, -0.2) is 41.6 Å². The second-order valence-electron chi connectivity index (χ2n) is 12.2. The first-order valence-corrected chi connectivity index (χ1v) is 15.3. The highest BCUT2D eigenvalue weighted by atomic mass is 32.1. The molecule has 0 unspecified atom stereocenters. The molecule has 0 saturated heterocycles. The fraction of sp³-hybridized carbons (Fsp3) is 0.257. The van der Waals surface area contributed by atoms with Crippen LogP contribution in [0.5, 0.6) is 0 Å². The first-order chi connectivity index (χ1) is 21.8. The Morgan fingerprint density at radius 1 is 0.848 bits per heavy atom. The number of carbonyl (C=O) groups excluding carboxylic acids is 3. The lowest BCUT2D eigenvalue weighted by Gasteiger charge is -2.27. The average molecular weight is 635 g/mol. The number of thiazole rings is 1. The van der Waals surface area contributed by atoms with E-state index in [1.165, 1.54) is 17.4 Å². The van der Waals surface area contributed by atoms with E-state index in [-0.39, 0.29) is 6.54 Å². The van der Waals surface area contributed by atoms with E-state index in [9.17, 15) is 24.9 Å². The van der Waals surface area contributed by atoms with E-state index in [0.29, 0.717) is 34.1 Å². The van der Waals surface area contributed by atoms with Crippen molar-refractivity contribution in [3.63, 3.8) is 0 Å². The molecule has 10 nitrogen and oxygen atoms in total. The zero-order valence-electron chi connectivity index (χ0n) is 26.2. The van der Waals surface area contributed by atoms with Gasteiger partial charge in [-0.05, 0) is 73.9 Å². The van der Waals surface area contributed by atoms with Crippen LogP contribution in [0.25, 0.3) is 22.4 Å². The topological polar surface area (TPSA) is 157 Å². The highest BCUT2D eigenvalue weighted by molar-refractivity contribution is 7.14. The molecule has 4 rings (SSSR count). The Hall–Kier alpha value is -5.52. The molecule has 4 aromatic rings. The minimum Gasteiger partial charge on any atom is -0.444 e. The lowest BCUT2D eigenvalue weighted by Crippen LogP contribution is -2.40. The highest BCUT2D eigenvalue weighted by Gasteiger charge is 2.24. The van der Waals surface area contributed by atoms with Gasteiger partial charge < -0.3 is 20.7 Å². The first-order valence-electron chi connectivity index (χ1n) is 14.4. The van der Waals surface area contributed by atoms with Gasteiger partial charge in [0, 0.05) is 28.5 Å². The standard InChI is InChI=1S/C35H34N6O4S/c1-34(2,3)45-33(44)39-21-35(4,5)28-11-7-10-26(16-28)31(43)38-19-30(42)41-32-40-29(20-46-32)25-9-6-8-24(15-25)27-13-22(17-36)12-23(14-27)18-37/h6-16,20H,19,21H2,1-5H3,(H,38,43)(H,39,44)(H,40,41,42). The number of anilines is 1. The summed E-state index contributed by atoms with van der Waals surface area (Å²) in [5.74, 6) is -0.844. The lowest BCUT2D eigenvalue weighted by atomic mass is 9.84. The van der Waals surface area contributed by atoms with Crippen molar-refractivity contribution in [3.05, 3.63) is 94.4 Å². The van der Waals surface area contributed by atoms with Crippen molar-refractivity contribution in [2.45, 2.75) is 45.6 Å². The third kappa shape index (κ3) is 9.00. The SMILES string of the molecule is CC(C)(C)OC(=O)NCC(C)(C)c1cccc(C(=O)NCC(=O)Nc2nc(-c3cccc(-c4cc(C#N)cc(C#N)c4)c3)cs2)c1. The third-order valence-electron chi connectivity index (χ3n) is 6.82. The molecule has 1 aromatic heterocycles. The molecule has 0 spiro atoms. The summed E-state index contributed by atoms with van der Waals surface area (Å²) in [4.78, 5) is 42.2. The number of nitriles is 2. The molecule has 0 aliphatic rings. The summed E-state index contributed by atoms with van der Waals surface area (Å²) < 4.78 is 5.31. The molecule has 0 bridgehead atoms. The van der Waals surface area contributed by atoms with Gasteiger partial charge in [0.15, 0.2) is 5.13 Å². The van der Waals surface area contributed by atoms with Crippen LogP contribution in [0.15, 0.2) is 72.1 Å². The van der Waals surface area contributed by atoms with Crippen LogP contribution in [0, 0.1) is 22.7 Å². The first kappa shape index (κ1) is 33.4. The van der Waals surface area contributed by atoms with Crippen LogP contribution in [0.2, 0.25) is 0 Å². The van der Waals surface area contributed by atoms with Crippen molar-refractivity contribution in [1.29, 1.82) is 10.5 Å². The molecule has 46 heavy (non-hydrogen) atoms. The van der Waals surface area contributed by atoms with Crippen LogP contribution >= 0.6 is 11.3 Å². The van der Waals surface area contributed by atoms with Gasteiger partial charge in [0.05, 0.1) is 35.5 Å². The summed E-state index contributed by atoms with van der Waals surface area (Å²) in [7, 11) is 0. The highest BCUT2D eigenvalue weighted by Crippen LogP contribution is 2.30. The van der Waals surface area contributed by atoms with E-state index in [2.05, 4.69) is 33.1 Å². The summed E-state index contributed by atoms with van der Waals surface area (Å²) in [6.07, 6.45) is -0.515. The Kier molecular flexibility index (Phi) is 10.2. The van der Waals surface area contributed by atoms with Crippen molar-refractivity contribution >= 4 is 34.4 Å². The molecule has 0 aliphatic carbocycles. The molecule has 0 saturated carbocycles. The number of rotatable bonds is 9. The van der Waals surface area contributed by atoms with E-state index in [1.54, 1.807) is 51.1 Å². The zero-order valence-corrected chi connectivity index (χ0v) is 27.0. The molecule has 3 amide bonds. The van der Waals surface area contributed by atoms with Crippen LogP contribution in [0.4, 0.5) is 9.93 Å². The van der Waals surface area contributed by atoms with Crippen LogP contribution in [0.1, 0.15) is 61.7 Å². The van der Waals surface area contributed by atoms with Crippen molar-refractivity contribution < 1.29 is 19.1 Å². The molecule has 3 aromatic carbocycles. The molecular weight excluding hydrogens is 600 g/mol. The lowest BCUT2D eigenvalue weighted by molar-refractivity contribution is -0.115. The quantitative estimate of drug-likeness (QED) is 0.192. The van der Waals surface area contributed by atoms with Gasteiger partial charge in [-0.25, -0.2) is 9.78 Å². The molecular formula is C35H34N6O4S. The minimum absolute atomic E-state index is 0.256. The van der Waals surface area contributed by atoms with Gasteiger partial charge in [-0.1, -0.05) is 44.2 Å². The maximum absolute atomic E-state index is 12.9. The molecule has 11 heteroatoms. The van der Waals surface area contributed by atoms with Gasteiger partial charge in [-0.2, -0.15) is 10.5 Å². The number of benzene rings is 3. The van der Waals surface area contributed by atoms with E-state index in [0.717, 1.165) is 22.3 Å². The predicted molar refractivity (Wildman–Crippen MR) is 177 cm³/mol. The molecule has 0 radical (unpaired) electrons. The van der Waals surface area contributed by atoms with Gasteiger partial charge in [0.2, 0.25) is 5.91 Å². The minimum atomic E-state index is -0.607. The average Bonchev–Trinajstić information content (AvgIpc) is 3.50. The Morgan fingerprint density at radius 2 is 1.52 bits per heavy atom. The summed E-state index contributed by atoms with van der Waals surface area (Å²) in [6, 6.07) is 23.7. The summed E-state index contributed by atoms with van der Waals surface area (Å²) in [5, 5.41) is 29.0. The van der Waals surface area contributed by atoms with Gasteiger partial charge in [-0.15, -0.1) is 11.3 Å². The fourth-order valence-corrected chi connectivity index (χ4v) is 5.20. The molecule has 0 fully saturated rings. The number of alkyl carbamates (subject to hydrolysis) is 1. The van der Waals surface area contributed by atoms with Crippen molar-refractivity contribution in [1.82, 2.24) is 15.6 Å². The Bertz CT molecular complexity index is 1830. The van der Waals surface area contributed by atoms with Crippen molar-refractivity contribution in [2.24, 2.45) is 0 Å². The van der Waals surface area contributed by atoms with E-state index < -0.39 is 28.9 Å². The number of hydrogen-bond donors (Lipinski definition) is 3. The van der Waals surface area contributed by atoms with Gasteiger partial charge in [-0.3, -0.25) is 9.59 Å². The number of amides is 3. The summed E-state index contributed by atoms with van der Waals surface area (Å²) in [6.45, 7) is 9.32. The van der Waals surface area contributed by atoms with Crippen molar-refractivity contribution in [3.8, 4) is 34.5 Å². The van der Waals surface area contributed by atoms with Crippen LogP contribution in [0.3, 0.4) is 0 Å². The largest absolute Gasteiger partial charge is 0.444 e. The van der Waals surface area contributed by atoms with Gasteiger partial charge in [0.25, 0.3) is 5.91 Å². The Balaban J connectivity index is 1.35. The Morgan fingerprint density at radius 3 is 2.20 bits per heavy atom. The normalized spacial score (nSPS) is 11.1. The molecule has 0 aliphatic heterocycles. The maximum atomic E-state index is 12.9. The Labute approximate surface area is 272 Å². The van der Waals surface area contributed by atoms with Crippen LogP contribution < -0.4 is 16.0 Å². The number of nitrogens with one attached hydrogen (secondary N) is 3. The van der Waals surface area contributed by atoms with Gasteiger partial charge >= 0.3 is 6.09 Å². The van der Waals surface area contributed by atoms with Gasteiger partial charge in [0.1, 0.15) is 5.60 Å². The second kappa shape index (κ2) is 14.1. The van der Waals surface area contributed by atoms with E-state index in [1.807, 2.05) is 49.6 Å². The predicted octanol–water partition coefficient (Wildman–Crippen LogP) is 6.39.